The van der Waals surface area contributed by atoms with E-state index in [-0.39, 0.29) is 29.2 Å². The number of nitrogens with zero attached hydrogens (tertiary/aromatic N) is 1. The summed E-state index contributed by atoms with van der Waals surface area (Å²) in [6.45, 7) is 2.77. The first-order chi connectivity index (χ1) is 7.90. The molecule has 0 radical (unpaired) electrons. The van der Waals surface area contributed by atoms with Gasteiger partial charge in [0.15, 0.2) is 5.78 Å². The van der Waals surface area contributed by atoms with Gasteiger partial charge in [0.1, 0.15) is 11.5 Å². The quantitative estimate of drug-likeness (QED) is 0.782. The topological polar surface area (TPSA) is 84.3 Å². The Labute approximate surface area is 98.5 Å². The first kappa shape index (κ1) is 13.0. The zero-order valence-electron chi connectivity index (χ0n) is 9.69. The van der Waals surface area contributed by atoms with Crippen LogP contribution >= 0.6 is 0 Å². The molecule has 1 aromatic heterocycles. The van der Waals surface area contributed by atoms with Crippen LogP contribution < -0.4 is 0 Å². The highest BCUT2D eigenvalue weighted by Crippen LogP contribution is 2.09. The van der Waals surface area contributed by atoms with Crippen molar-refractivity contribution in [2.45, 2.75) is 26.7 Å². The number of ketones is 2. The van der Waals surface area contributed by atoms with Crippen LogP contribution in [-0.4, -0.2) is 27.6 Å². The Bertz CT molecular complexity index is 447. The van der Waals surface area contributed by atoms with Crippen molar-refractivity contribution >= 4 is 17.5 Å². The summed E-state index contributed by atoms with van der Waals surface area (Å²) < 4.78 is 0. The molecule has 0 spiro atoms. The fraction of sp³-hybridized carbons (Fsp3) is 0.333. The van der Waals surface area contributed by atoms with Gasteiger partial charge in [-0.25, -0.2) is 9.78 Å². The summed E-state index contributed by atoms with van der Waals surface area (Å²) >= 11 is 0. The molecular weight excluding hydrogens is 222 g/mol. The molecule has 17 heavy (non-hydrogen) atoms. The lowest BCUT2D eigenvalue weighted by Crippen LogP contribution is -2.07. The van der Waals surface area contributed by atoms with Crippen LogP contribution in [0, 0.1) is 0 Å². The van der Waals surface area contributed by atoms with E-state index in [4.69, 9.17) is 5.11 Å². The zero-order chi connectivity index (χ0) is 13.0. The lowest BCUT2D eigenvalue weighted by Gasteiger charge is -2.04. The third kappa shape index (κ3) is 3.79. The SMILES string of the molecule is CC(=O)CCc1cc(C(=O)O)cc(C(C)=O)n1. The predicted octanol–water partition coefficient (Wildman–Crippen LogP) is 1.50. The monoisotopic (exact) mass is 235 g/mol. The second-order valence-electron chi connectivity index (χ2n) is 3.80. The fourth-order valence-corrected chi connectivity index (χ4v) is 1.32. The maximum atomic E-state index is 11.2. The minimum absolute atomic E-state index is 0.00287. The summed E-state index contributed by atoms with van der Waals surface area (Å²) in [6, 6.07) is 2.62. The molecule has 90 valence electrons. The molecule has 0 atom stereocenters. The highest BCUT2D eigenvalue weighted by atomic mass is 16.4. The average molecular weight is 235 g/mol. The first-order valence-electron chi connectivity index (χ1n) is 5.15. The van der Waals surface area contributed by atoms with Crippen LogP contribution in [-0.2, 0) is 11.2 Å². The maximum absolute atomic E-state index is 11.2. The number of aromatic nitrogens is 1. The Hall–Kier alpha value is -2.04. The molecule has 1 N–H and O–H groups in total. The van der Waals surface area contributed by atoms with E-state index in [1.807, 2.05) is 0 Å². The molecule has 0 aliphatic carbocycles. The van der Waals surface area contributed by atoms with Crippen molar-refractivity contribution in [3.63, 3.8) is 0 Å². The molecule has 1 heterocycles. The number of carboxylic acids is 1. The lowest BCUT2D eigenvalue weighted by molar-refractivity contribution is -0.117. The van der Waals surface area contributed by atoms with Crippen LogP contribution in [0.3, 0.4) is 0 Å². The van der Waals surface area contributed by atoms with Gasteiger partial charge in [-0.1, -0.05) is 0 Å². The first-order valence-corrected chi connectivity index (χ1v) is 5.15. The molecular formula is C12H13NO4. The van der Waals surface area contributed by atoms with E-state index < -0.39 is 5.97 Å². The van der Waals surface area contributed by atoms with Gasteiger partial charge in [0.25, 0.3) is 0 Å². The van der Waals surface area contributed by atoms with Crippen molar-refractivity contribution in [3.05, 3.63) is 29.1 Å². The number of Topliss-reactive ketones (excluding diaryl/α,β-unsaturated/α-hetero) is 2. The lowest BCUT2D eigenvalue weighted by atomic mass is 10.1. The van der Waals surface area contributed by atoms with E-state index in [9.17, 15) is 14.4 Å². The number of hydrogen-bond donors (Lipinski definition) is 1. The van der Waals surface area contributed by atoms with Crippen molar-refractivity contribution in [3.8, 4) is 0 Å². The van der Waals surface area contributed by atoms with Gasteiger partial charge in [-0.2, -0.15) is 0 Å². The van der Waals surface area contributed by atoms with E-state index in [0.717, 1.165) is 0 Å². The standard InChI is InChI=1S/C12H13NO4/c1-7(14)3-4-10-5-9(12(16)17)6-11(13-10)8(2)15/h5-6H,3-4H2,1-2H3,(H,16,17). The molecule has 0 bridgehead atoms. The molecule has 0 aliphatic rings. The number of carboxylic acid groups (broad SMARTS) is 1. The zero-order valence-corrected chi connectivity index (χ0v) is 9.69. The smallest absolute Gasteiger partial charge is 0.335 e. The molecule has 0 amide bonds. The summed E-state index contributed by atoms with van der Waals surface area (Å²) in [5.41, 5.74) is 0.581. The molecule has 0 saturated heterocycles. The van der Waals surface area contributed by atoms with E-state index in [1.165, 1.54) is 26.0 Å². The van der Waals surface area contributed by atoms with Crippen LogP contribution in [0.4, 0.5) is 0 Å². The normalized spacial score (nSPS) is 10.0. The van der Waals surface area contributed by atoms with E-state index in [2.05, 4.69) is 4.98 Å². The number of rotatable bonds is 5. The van der Waals surface area contributed by atoms with E-state index >= 15 is 0 Å². The van der Waals surface area contributed by atoms with Crippen molar-refractivity contribution in [2.24, 2.45) is 0 Å². The second-order valence-corrected chi connectivity index (χ2v) is 3.80. The highest BCUT2D eigenvalue weighted by Gasteiger charge is 2.11. The Morgan fingerprint density at radius 1 is 1.24 bits per heavy atom. The minimum atomic E-state index is -1.11. The Balaban J connectivity index is 3.08. The predicted molar refractivity (Wildman–Crippen MR) is 60.2 cm³/mol. The van der Waals surface area contributed by atoms with E-state index in [1.54, 1.807) is 0 Å². The number of pyridine rings is 1. The van der Waals surface area contributed by atoms with Gasteiger partial charge in [0.2, 0.25) is 0 Å². The molecule has 1 aromatic rings. The summed E-state index contributed by atoms with van der Waals surface area (Å²) in [7, 11) is 0. The summed E-state index contributed by atoms with van der Waals surface area (Å²) in [4.78, 5) is 36.9. The van der Waals surface area contributed by atoms with Crippen molar-refractivity contribution in [2.75, 3.05) is 0 Å². The van der Waals surface area contributed by atoms with Gasteiger partial charge >= 0.3 is 5.97 Å². The van der Waals surface area contributed by atoms with Crippen LogP contribution in [0.1, 0.15) is 46.8 Å². The third-order valence-electron chi connectivity index (χ3n) is 2.22. The number of aromatic carboxylic acids is 1. The molecule has 0 fully saturated rings. The number of carbonyl (C=O) groups excluding carboxylic acids is 2. The molecule has 1 rings (SSSR count). The molecule has 0 saturated carbocycles. The molecule has 5 heteroatoms. The third-order valence-corrected chi connectivity index (χ3v) is 2.22. The van der Waals surface area contributed by atoms with Crippen LogP contribution in [0.5, 0.6) is 0 Å². The summed E-state index contributed by atoms with van der Waals surface area (Å²) in [5, 5.41) is 8.89. The van der Waals surface area contributed by atoms with Gasteiger partial charge in [-0.05, 0) is 25.5 Å². The van der Waals surface area contributed by atoms with E-state index in [0.29, 0.717) is 12.1 Å². The highest BCUT2D eigenvalue weighted by molar-refractivity contribution is 5.95. The fourth-order valence-electron chi connectivity index (χ4n) is 1.32. The van der Waals surface area contributed by atoms with Crippen molar-refractivity contribution in [1.82, 2.24) is 4.98 Å². The van der Waals surface area contributed by atoms with Crippen LogP contribution in [0.15, 0.2) is 12.1 Å². The number of hydrogen-bond acceptors (Lipinski definition) is 4. The van der Waals surface area contributed by atoms with Gasteiger partial charge in [0.05, 0.1) is 5.56 Å². The average Bonchev–Trinajstić information content (AvgIpc) is 2.25. The number of aryl methyl sites for hydroxylation is 1. The van der Waals surface area contributed by atoms with Crippen molar-refractivity contribution < 1.29 is 19.5 Å². The minimum Gasteiger partial charge on any atom is -0.478 e. The summed E-state index contributed by atoms with van der Waals surface area (Å²) in [6.07, 6.45) is 0.629. The summed E-state index contributed by atoms with van der Waals surface area (Å²) in [5.74, 6) is -1.41. The Morgan fingerprint density at radius 2 is 1.88 bits per heavy atom. The van der Waals surface area contributed by atoms with Crippen LogP contribution in [0.25, 0.3) is 0 Å². The Kier molecular flexibility index (Phi) is 4.09. The molecule has 0 aromatic carbocycles. The van der Waals surface area contributed by atoms with Gasteiger partial charge in [-0.3, -0.25) is 4.79 Å². The van der Waals surface area contributed by atoms with Gasteiger partial charge in [-0.15, -0.1) is 0 Å². The molecule has 0 aliphatic heterocycles. The molecule has 0 unspecified atom stereocenters. The van der Waals surface area contributed by atoms with Crippen molar-refractivity contribution in [1.29, 1.82) is 0 Å². The van der Waals surface area contributed by atoms with Crippen LogP contribution in [0.2, 0.25) is 0 Å². The largest absolute Gasteiger partial charge is 0.478 e. The number of carbonyl (C=O) groups is 3. The van der Waals surface area contributed by atoms with Gasteiger partial charge < -0.3 is 9.90 Å². The Morgan fingerprint density at radius 3 is 2.35 bits per heavy atom. The maximum Gasteiger partial charge on any atom is 0.335 e. The second kappa shape index (κ2) is 5.34. The van der Waals surface area contributed by atoms with Gasteiger partial charge in [0, 0.05) is 19.0 Å². The molecule has 5 nitrogen and oxygen atoms in total.